The van der Waals surface area contributed by atoms with Gasteiger partial charge in [0.1, 0.15) is 39.4 Å². The maximum Gasteiger partial charge on any atom is 0.407 e. The predicted octanol–water partition coefficient (Wildman–Crippen LogP) is 8.35. The summed E-state index contributed by atoms with van der Waals surface area (Å²) in [6, 6.07) is 14.9. The molecule has 55 heavy (non-hydrogen) atoms. The summed E-state index contributed by atoms with van der Waals surface area (Å²) in [4.78, 5) is 59.2. The van der Waals surface area contributed by atoms with Crippen molar-refractivity contribution in [2.75, 3.05) is 26.9 Å². The molecule has 4 atom stereocenters. The highest BCUT2D eigenvalue weighted by atomic mass is 35.5. The maximum absolute atomic E-state index is 13.8. The van der Waals surface area contributed by atoms with Crippen LogP contribution >= 0.6 is 23.2 Å². The molecule has 5 heterocycles. The summed E-state index contributed by atoms with van der Waals surface area (Å²) in [5.74, 6) is 1.59. The van der Waals surface area contributed by atoms with E-state index in [4.69, 9.17) is 42.6 Å². The Morgan fingerprint density at radius 1 is 0.836 bits per heavy atom. The van der Waals surface area contributed by atoms with Crippen molar-refractivity contribution >= 4 is 41.1 Å². The van der Waals surface area contributed by atoms with Gasteiger partial charge in [0.15, 0.2) is 0 Å². The van der Waals surface area contributed by atoms with E-state index in [0.717, 1.165) is 79.9 Å². The second kappa shape index (κ2) is 16.8. The van der Waals surface area contributed by atoms with E-state index < -0.39 is 12.1 Å². The second-order valence-corrected chi connectivity index (χ2v) is 16.0. The van der Waals surface area contributed by atoms with Gasteiger partial charge < -0.3 is 34.6 Å². The minimum atomic E-state index is -0.733. The van der Waals surface area contributed by atoms with Crippen LogP contribution in [0, 0.1) is 11.8 Å². The Balaban J connectivity index is 1.03. The van der Waals surface area contributed by atoms with Crippen LogP contribution in [-0.4, -0.2) is 86.6 Å². The van der Waals surface area contributed by atoms with Crippen molar-refractivity contribution in [1.29, 1.82) is 0 Å². The number of alkyl carbamates (subject to hydrolysis) is 1. The van der Waals surface area contributed by atoms with Crippen LogP contribution in [0.1, 0.15) is 89.4 Å². The lowest BCUT2D eigenvalue weighted by Crippen LogP contribution is -2.52. The molecule has 0 saturated carbocycles. The molecule has 0 spiro atoms. The standard InChI is InChI=1S/C41H49Cl2N7O5/c1-23(2)33(46-41(53)54-4)40(52)50-24(3)7-16-31(50)39-45-35(37(43)48-39)29-14-10-27(11-15-29)26-8-12-28(13-9-26)34-36(42)47-38(44-34)30-6-5-19-49(30)32(51)22-25-17-20-55-21-18-25/h8-15,23-25,30-31,33H,5-7,16-22H2,1-4H3,(H,44,47)(H,45,48)(H,46,53)/t24-,30-,31-,33-/m0/s1. The van der Waals surface area contributed by atoms with Gasteiger partial charge in [-0.1, -0.05) is 85.6 Å². The molecule has 3 saturated heterocycles. The molecule has 4 aromatic rings. The Morgan fingerprint density at radius 3 is 1.93 bits per heavy atom. The minimum Gasteiger partial charge on any atom is -0.453 e. The first kappa shape index (κ1) is 38.9. The number of rotatable bonds is 10. The average Bonchev–Trinajstić information content (AvgIpc) is 4.00. The molecule has 3 aliphatic rings. The molecule has 2 aromatic heterocycles. The van der Waals surface area contributed by atoms with Gasteiger partial charge in [-0.3, -0.25) is 9.59 Å². The number of aromatic amines is 2. The Morgan fingerprint density at radius 2 is 1.38 bits per heavy atom. The van der Waals surface area contributed by atoms with E-state index in [1.807, 2.05) is 79.1 Å². The summed E-state index contributed by atoms with van der Waals surface area (Å²) in [5, 5.41) is 3.56. The highest BCUT2D eigenvalue weighted by Crippen LogP contribution is 2.40. The molecule has 0 radical (unpaired) electrons. The van der Waals surface area contributed by atoms with Gasteiger partial charge in [-0.05, 0) is 68.4 Å². The van der Waals surface area contributed by atoms with Gasteiger partial charge in [-0.2, -0.15) is 0 Å². The number of halogens is 2. The van der Waals surface area contributed by atoms with Crippen LogP contribution in [0.3, 0.4) is 0 Å². The Kier molecular flexibility index (Phi) is 11.9. The van der Waals surface area contributed by atoms with E-state index in [2.05, 4.69) is 15.3 Å². The number of likely N-dealkylation sites (tertiary alicyclic amines) is 2. The first-order valence-corrected chi connectivity index (χ1v) is 20.0. The zero-order chi connectivity index (χ0) is 38.8. The maximum atomic E-state index is 13.8. The normalized spacial score (nSPS) is 21.0. The van der Waals surface area contributed by atoms with Crippen LogP contribution in [0.4, 0.5) is 4.79 Å². The quantitative estimate of drug-likeness (QED) is 0.146. The fourth-order valence-corrected chi connectivity index (χ4v) is 8.72. The number of nitrogens with zero attached hydrogens (tertiary/aromatic N) is 4. The first-order valence-electron chi connectivity index (χ1n) is 19.3. The third-order valence-corrected chi connectivity index (χ3v) is 11.9. The highest BCUT2D eigenvalue weighted by Gasteiger charge is 2.41. The van der Waals surface area contributed by atoms with E-state index in [-0.39, 0.29) is 35.9 Å². The molecule has 14 heteroatoms. The average molecular weight is 791 g/mol. The molecular formula is C41H49Cl2N7O5. The van der Waals surface area contributed by atoms with Gasteiger partial charge in [0.05, 0.1) is 19.2 Å². The topological polar surface area (TPSA) is 146 Å². The summed E-state index contributed by atoms with van der Waals surface area (Å²) >= 11 is 13.5. The van der Waals surface area contributed by atoms with Gasteiger partial charge in [0, 0.05) is 43.3 Å². The molecule has 7 rings (SSSR count). The SMILES string of the molecule is COC(=O)N[C@H](C(=O)N1[C@@H](C)CC[C@H]1c1nc(-c2ccc(-c3ccc(-c4nc([C@@H]5CCCN5C(=O)CC5CCOCC5)[nH]c4Cl)cc3)cc2)c(Cl)[nH]1)C(C)C. The number of benzene rings is 2. The minimum absolute atomic E-state index is 0.0390. The summed E-state index contributed by atoms with van der Waals surface area (Å²) < 4.78 is 10.3. The summed E-state index contributed by atoms with van der Waals surface area (Å²) in [5.41, 5.74) is 5.03. The molecule has 2 aromatic carbocycles. The molecule has 3 fully saturated rings. The summed E-state index contributed by atoms with van der Waals surface area (Å²) in [7, 11) is 1.28. The number of carbonyl (C=O) groups is 3. The Hall–Kier alpha value is -4.39. The summed E-state index contributed by atoms with van der Waals surface area (Å²) in [6.07, 6.45) is 5.09. The number of carbonyl (C=O) groups excluding carboxylic acids is 3. The number of aromatic nitrogens is 4. The largest absolute Gasteiger partial charge is 0.453 e. The van der Waals surface area contributed by atoms with E-state index >= 15 is 0 Å². The van der Waals surface area contributed by atoms with Crippen molar-refractivity contribution in [3.05, 3.63) is 70.5 Å². The third kappa shape index (κ3) is 8.27. The molecule has 0 unspecified atom stereocenters. The van der Waals surface area contributed by atoms with Gasteiger partial charge in [0.25, 0.3) is 0 Å². The first-order chi connectivity index (χ1) is 26.5. The zero-order valence-electron chi connectivity index (χ0n) is 31.7. The Labute approximate surface area is 331 Å². The van der Waals surface area contributed by atoms with Crippen LogP contribution in [-0.2, 0) is 19.1 Å². The molecule has 292 valence electrons. The van der Waals surface area contributed by atoms with Crippen LogP contribution in [0.2, 0.25) is 10.3 Å². The molecule has 0 aliphatic carbocycles. The number of imidazole rings is 2. The fourth-order valence-electron chi connectivity index (χ4n) is 8.23. The van der Waals surface area contributed by atoms with Crippen LogP contribution in [0.5, 0.6) is 0 Å². The van der Waals surface area contributed by atoms with Gasteiger partial charge in [-0.25, -0.2) is 14.8 Å². The predicted molar refractivity (Wildman–Crippen MR) is 211 cm³/mol. The van der Waals surface area contributed by atoms with Crippen molar-refractivity contribution in [2.24, 2.45) is 11.8 Å². The number of ether oxygens (including phenoxy) is 2. The molecular weight excluding hydrogens is 741 g/mol. The van der Waals surface area contributed by atoms with E-state index in [1.165, 1.54) is 7.11 Å². The van der Waals surface area contributed by atoms with Crippen molar-refractivity contribution < 1.29 is 23.9 Å². The molecule has 3 N–H and O–H groups in total. The van der Waals surface area contributed by atoms with Crippen molar-refractivity contribution in [2.45, 2.75) is 89.9 Å². The van der Waals surface area contributed by atoms with Crippen LogP contribution in [0.15, 0.2) is 48.5 Å². The van der Waals surface area contributed by atoms with E-state index in [0.29, 0.717) is 46.3 Å². The molecule has 12 nitrogen and oxygen atoms in total. The smallest absolute Gasteiger partial charge is 0.407 e. The second-order valence-electron chi connectivity index (χ2n) is 15.3. The van der Waals surface area contributed by atoms with Crippen molar-refractivity contribution in [1.82, 2.24) is 35.1 Å². The lowest BCUT2D eigenvalue weighted by Gasteiger charge is -2.32. The molecule has 0 bridgehead atoms. The zero-order valence-corrected chi connectivity index (χ0v) is 33.3. The van der Waals surface area contributed by atoms with E-state index in [1.54, 1.807) is 0 Å². The van der Waals surface area contributed by atoms with Gasteiger partial charge >= 0.3 is 6.09 Å². The lowest BCUT2D eigenvalue weighted by molar-refractivity contribution is -0.137. The van der Waals surface area contributed by atoms with Gasteiger partial charge in [0.2, 0.25) is 11.8 Å². The Bertz CT molecular complexity index is 1990. The lowest BCUT2D eigenvalue weighted by atomic mass is 9.96. The summed E-state index contributed by atoms with van der Waals surface area (Å²) in [6.45, 7) is 7.99. The van der Waals surface area contributed by atoms with Gasteiger partial charge in [-0.15, -0.1) is 0 Å². The van der Waals surface area contributed by atoms with Crippen LogP contribution < -0.4 is 5.32 Å². The molecule has 3 amide bonds. The van der Waals surface area contributed by atoms with Crippen molar-refractivity contribution in [3.63, 3.8) is 0 Å². The number of methoxy groups -OCH3 is 1. The monoisotopic (exact) mass is 789 g/mol. The number of H-pyrrole nitrogens is 2. The van der Waals surface area contributed by atoms with Crippen molar-refractivity contribution in [3.8, 4) is 33.6 Å². The number of nitrogens with one attached hydrogen (secondary N) is 3. The number of amides is 3. The fraction of sp³-hybridized carbons (Fsp3) is 0.488. The van der Waals surface area contributed by atoms with E-state index in [9.17, 15) is 14.4 Å². The van der Waals surface area contributed by atoms with Crippen LogP contribution in [0.25, 0.3) is 33.6 Å². The number of hydrogen-bond acceptors (Lipinski definition) is 7. The third-order valence-electron chi connectivity index (χ3n) is 11.3. The molecule has 3 aliphatic heterocycles. The number of hydrogen-bond donors (Lipinski definition) is 3. The highest BCUT2D eigenvalue weighted by molar-refractivity contribution is 6.32.